The Morgan fingerprint density at radius 2 is 2.14 bits per heavy atom. The molecule has 0 saturated heterocycles. The third-order valence-electron chi connectivity index (χ3n) is 2.11. The summed E-state index contributed by atoms with van der Waals surface area (Å²) in [5.74, 6) is 0.00657. The van der Waals surface area contributed by atoms with Crippen LogP contribution < -0.4 is 0 Å². The van der Waals surface area contributed by atoms with Crippen LogP contribution in [0.5, 0.6) is 0 Å². The van der Waals surface area contributed by atoms with Crippen molar-refractivity contribution in [1.29, 1.82) is 5.26 Å². The van der Waals surface area contributed by atoms with Crippen molar-refractivity contribution < 1.29 is 9.53 Å². The summed E-state index contributed by atoms with van der Waals surface area (Å²) in [5.41, 5.74) is -0.433. The molecule has 0 aliphatic heterocycles. The van der Waals surface area contributed by atoms with Gasteiger partial charge in [0.25, 0.3) is 0 Å². The van der Waals surface area contributed by atoms with Crippen molar-refractivity contribution in [2.45, 2.75) is 32.3 Å². The number of amides is 1. The van der Waals surface area contributed by atoms with Gasteiger partial charge in [-0.3, -0.25) is 4.79 Å². The Bertz CT molecular complexity index is 231. The number of hydrogen-bond donors (Lipinski definition) is 0. The molecular formula is C10H18N2O2. The molecule has 0 fully saturated rings. The van der Waals surface area contributed by atoms with Crippen molar-refractivity contribution in [1.82, 2.24) is 4.90 Å². The Balaban J connectivity index is 4.02. The first-order valence-corrected chi connectivity index (χ1v) is 4.59. The largest absolute Gasteiger partial charge is 0.378 e. The van der Waals surface area contributed by atoms with Crippen molar-refractivity contribution in [2.24, 2.45) is 0 Å². The lowest BCUT2D eigenvalue weighted by Crippen LogP contribution is -2.35. The molecule has 0 aromatic rings. The van der Waals surface area contributed by atoms with E-state index in [0.29, 0.717) is 19.4 Å². The van der Waals surface area contributed by atoms with E-state index >= 15 is 0 Å². The summed E-state index contributed by atoms with van der Waals surface area (Å²) in [5, 5.41) is 8.36. The average molecular weight is 198 g/mol. The highest BCUT2D eigenvalue weighted by molar-refractivity contribution is 5.76. The van der Waals surface area contributed by atoms with Gasteiger partial charge in [-0.2, -0.15) is 5.26 Å². The van der Waals surface area contributed by atoms with Gasteiger partial charge in [-0.25, -0.2) is 0 Å². The Hall–Kier alpha value is -1.08. The van der Waals surface area contributed by atoms with Gasteiger partial charge in [0.05, 0.1) is 24.5 Å². The molecule has 4 nitrogen and oxygen atoms in total. The first kappa shape index (κ1) is 12.9. The molecular weight excluding hydrogens is 180 g/mol. The maximum absolute atomic E-state index is 11.6. The van der Waals surface area contributed by atoms with Crippen LogP contribution in [-0.2, 0) is 9.53 Å². The second-order valence-electron chi connectivity index (χ2n) is 3.86. The van der Waals surface area contributed by atoms with E-state index in [9.17, 15) is 4.79 Å². The lowest BCUT2D eigenvalue weighted by Gasteiger charge is -2.25. The van der Waals surface area contributed by atoms with Crippen molar-refractivity contribution in [3.05, 3.63) is 0 Å². The van der Waals surface area contributed by atoms with Crippen LogP contribution >= 0.6 is 0 Å². The van der Waals surface area contributed by atoms with Crippen molar-refractivity contribution >= 4 is 5.91 Å². The highest BCUT2D eigenvalue weighted by atomic mass is 16.5. The smallest absolute Gasteiger partial charge is 0.225 e. The maximum Gasteiger partial charge on any atom is 0.225 e. The molecule has 0 aromatic heterocycles. The molecule has 0 aliphatic carbocycles. The minimum atomic E-state index is -0.433. The SMILES string of the molecule is COC(C)(C)CC(=O)N(C)CCC#N. The molecule has 1 amide bonds. The van der Waals surface area contributed by atoms with Gasteiger partial charge in [-0.1, -0.05) is 0 Å². The summed E-state index contributed by atoms with van der Waals surface area (Å²) < 4.78 is 5.15. The van der Waals surface area contributed by atoms with Crippen molar-refractivity contribution in [3.63, 3.8) is 0 Å². The molecule has 0 rings (SSSR count). The monoisotopic (exact) mass is 198 g/mol. The summed E-state index contributed by atoms with van der Waals surface area (Å²) >= 11 is 0. The van der Waals surface area contributed by atoms with E-state index in [2.05, 4.69) is 0 Å². The number of rotatable bonds is 5. The van der Waals surface area contributed by atoms with Gasteiger partial charge in [-0.15, -0.1) is 0 Å². The van der Waals surface area contributed by atoms with Crippen LogP contribution in [0.3, 0.4) is 0 Å². The van der Waals surface area contributed by atoms with Gasteiger partial charge < -0.3 is 9.64 Å². The zero-order valence-electron chi connectivity index (χ0n) is 9.33. The third kappa shape index (κ3) is 4.83. The Labute approximate surface area is 85.5 Å². The van der Waals surface area contributed by atoms with Gasteiger partial charge in [0.1, 0.15) is 0 Å². The fourth-order valence-corrected chi connectivity index (χ4v) is 0.914. The normalized spacial score (nSPS) is 10.8. The lowest BCUT2D eigenvalue weighted by molar-refractivity contribution is -0.135. The second kappa shape index (κ2) is 5.61. The average Bonchev–Trinajstić information content (AvgIpc) is 2.13. The van der Waals surface area contributed by atoms with Crippen LogP contribution in [0.1, 0.15) is 26.7 Å². The number of nitriles is 1. The van der Waals surface area contributed by atoms with Crippen LogP contribution in [0.4, 0.5) is 0 Å². The minimum Gasteiger partial charge on any atom is -0.378 e. The van der Waals surface area contributed by atoms with Crippen LogP contribution in [0.2, 0.25) is 0 Å². The van der Waals surface area contributed by atoms with E-state index < -0.39 is 5.60 Å². The quantitative estimate of drug-likeness (QED) is 0.666. The Kier molecular flexibility index (Phi) is 5.18. The number of carbonyl (C=O) groups is 1. The topological polar surface area (TPSA) is 53.3 Å². The van der Waals surface area contributed by atoms with E-state index in [1.807, 2.05) is 19.9 Å². The molecule has 0 saturated carbocycles. The standard InChI is InChI=1S/C10H18N2O2/c1-10(2,14-4)8-9(13)12(3)7-5-6-11/h5,7-8H2,1-4H3. The van der Waals surface area contributed by atoms with Gasteiger partial charge >= 0.3 is 0 Å². The summed E-state index contributed by atoms with van der Waals surface area (Å²) in [6.07, 6.45) is 0.709. The zero-order valence-corrected chi connectivity index (χ0v) is 9.33. The van der Waals surface area contributed by atoms with E-state index in [-0.39, 0.29) is 5.91 Å². The van der Waals surface area contributed by atoms with E-state index in [1.165, 1.54) is 0 Å². The predicted octanol–water partition coefficient (Wildman–Crippen LogP) is 1.17. The van der Waals surface area contributed by atoms with Crippen LogP contribution in [0.25, 0.3) is 0 Å². The van der Waals surface area contributed by atoms with Gasteiger partial charge in [0.2, 0.25) is 5.91 Å². The molecule has 0 aliphatic rings. The number of hydrogen-bond acceptors (Lipinski definition) is 3. The van der Waals surface area contributed by atoms with Crippen molar-refractivity contribution in [3.8, 4) is 6.07 Å². The first-order valence-electron chi connectivity index (χ1n) is 4.59. The molecule has 0 aromatic carbocycles. The molecule has 80 valence electrons. The van der Waals surface area contributed by atoms with Gasteiger partial charge in [-0.05, 0) is 13.8 Å². The molecule has 0 N–H and O–H groups in total. The molecule has 0 bridgehead atoms. The molecule has 0 atom stereocenters. The molecule has 4 heteroatoms. The predicted molar refractivity (Wildman–Crippen MR) is 53.6 cm³/mol. The second-order valence-corrected chi connectivity index (χ2v) is 3.86. The van der Waals surface area contributed by atoms with E-state index in [4.69, 9.17) is 10.00 Å². The van der Waals surface area contributed by atoms with Crippen LogP contribution in [-0.4, -0.2) is 37.1 Å². The molecule has 0 radical (unpaired) electrons. The third-order valence-corrected chi connectivity index (χ3v) is 2.11. The minimum absolute atomic E-state index is 0.00657. The van der Waals surface area contributed by atoms with E-state index in [1.54, 1.807) is 19.1 Å². The highest BCUT2D eigenvalue weighted by Crippen LogP contribution is 2.14. The van der Waals surface area contributed by atoms with Gasteiger partial charge in [0, 0.05) is 20.7 Å². The number of nitrogens with zero attached hydrogens (tertiary/aromatic N) is 2. The highest BCUT2D eigenvalue weighted by Gasteiger charge is 2.22. The Morgan fingerprint density at radius 3 is 2.57 bits per heavy atom. The molecule has 14 heavy (non-hydrogen) atoms. The summed E-state index contributed by atoms with van der Waals surface area (Å²) in [6, 6.07) is 2.01. The summed E-state index contributed by atoms with van der Waals surface area (Å²) in [4.78, 5) is 13.1. The number of methoxy groups -OCH3 is 1. The maximum atomic E-state index is 11.6. The Morgan fingerprint density at radius 1 is 1.57 bits per heavy atom. The summed E-state index contributed by atoms with van der Waals surface area (Å²) in [7, 11) is 3.29. The molecule has 0 heterocycles. The summed E-state index contributed by atoms with van der Waals surface area (Å²) in [6.45, 7) is 4.21. The van der Waals surface area contributed by atoms with Crippen molar-refractivity contribution in [2.75, 3.05) is 20.7 Å². The number of carbonyl (C=O) groups excluding carboxylic acids is 1. The molecule has 0 spiro atoms. The van der Waals surface area contributed by atoms with Crippen LogP contribution in [0, 0.1) is 11.3 Å². The first-order chi connectivity index (χ1) is 6.43. The zero-order chi connectivity index (χ0) is 11.2. The number of ether oxygens (including phenoxy) is 1. The molecule has 0 unspecified atom stereocenters. The van der Waals surface area contributed by atoms with E-state index in [0.717, 1.165) is 0 Å². The van der Waals surface area contributed by atoms with Gasteiger partial charge in [0.15, 0.2) is 0 Å². The lowest BCUT2D eigenvalue weighted by atomic mass is 10.0. The fourth-order valence-electron chi connectivity index (χ4n) is 0.914. The van der Waals surface area contributed by atoms with Crippen LogP contribution in [0.15, 0.2) is 0 Å². The fraction of sp³-hybridized carbons (Fsp3) is 0.800.